The van der Waals surface area contributed by atoms with E-state index in [2.05, 4.69) is 126 Å². The molecule has 0 amide bonds. The minimum absolute atomic E-state index is 0.458. The van der Waals surface area contributed by atoms with Gasteiger partial charge in [-0.3, -0.25) is 0 Å². The van der Waals surface area contributed by atoms with Crippen LogP contribution in [-0.2, 0) is 0 Å². The molecule has 0 saturated heterocycles. The van der Waals surface area contributed by atoms with Crippen LogP contribution >= 0.6 is 0 Å². The van der Waals surface area contributed by atoms with Crippen LogP contribution in [0, 0.1) is 11.3 Å². The van der Waals surface area contributed by atoms with Crippen molar-refractivity contribution in [3.8, 4) is 45.9 Å². The normalized spacial score (nSPS) is 13.0. The SMILES string of the molecule is C[Si]1(C)c2ccccc2N(c2ccccc2)c2cc3c4ccccc4n(-c4ccc(-c5nc(-c6ccccc6)nc(-c6ccccc6)n5)c(C#N)c4)c3cc21. The van der Waals surface area contributed by atoms with Crippen molar-refractivity contribution in [1.29, 1.82) is 5.26 Å². The number of nitrogens with zero attached hydrogens (tertiary/aromatic N) is 6. The zero-order chi connectivity index (χ0) is 37.1. The van der Waals surface area contributed by atoms with Crippen LogP contribution in [0.1, 0.15) is 5.56 Å². The summed E-state index contributed by atoms with van der Waals surface area (Å²) >= 11 is 0. The van der Waals surface area contributed by atoms with Gasteiger partial charge in [-0.05, 0) is 65.0 Å². The van der Waals surface area contributed by atoms with Crippen LogP contribution in [-0.4, -0.2) is 27.6 Å². The molecule has 260 valence electrons. The average Bonchev–Trinajstić information content (AvgIpc) is 3.57. The maximum atomic E-state index is 10.7. The molecule has 55 heavy (non-hydrogen) atoms. The van der Waals surface area contributed by atoms with Gasteiger partial charge >= 0.3 is 0 Å². The molecule has 0 atom stereocenters. The van der Waals surface area contributed by atoms with Gasteiger partial charge in [0.15, 0.2) is 17.5 Å². The van der Waals surface area contributed by atoms with E-state index in [9.17, 15) is 5.26 Å². The summed E-state index contributed by atoms with van der Waals surface area (Å²) in [7, 11) is -2.16. The molecule has 1 aliphatic rings. The third-order valence-corrected chi connectivity index (χ3v) is 14.4. The maximum absolute atomic E-state index is 10.7. The number of nitriles is 1. The first-order chi connectivity index (χ1) is 27.0. The second-order valence-electron chi connectivity index (χ2n) is 14.4. The van der Waals surface area contributed by atoms with Crippen molar-refractivity contribution >= 4 is 57.3 Å². The van der Waals surface area contributed by atoms with Crippen LogP contribution < -0.4 is 15.3 Å². The molecule has 0 aliphatic carbocycles. The Bertz CT molecular complexity index is 2910. The van der Waals surface area contributed by atoms with Crippen molar-refractivity contribution in [2.75, 3.05) is 4.90 Å². The molecular weight excluding hydrogens is 689 g/mol. The standard InChI is InChI=1S/C48H34N6Si/c1-55(2)44-25-15-14-24-41(44)53(35-20-10-5-11-21-35)43-29-39-38-22-12-13-23-40(38)54(42(39)30-45(43)55)36-26-27-37(34(28-36)31-49)48-51-46(32-16-6-3-7-17-32)50-47(52-48)33-18-8-4-9-19-33/h3-30H,1-2H3. The molecule has 0 bridgehead atoms. The van der Waals surface area contributed by atoms with E-state index in [-0.39, 0.29) is 0 Å². The van der Waals surface area contributed by atoms with Gasteiger partial charge in [-0.1, -0.05) is 128 Å². The van der Waals surface area contributed by atoms with Crippen LogP contribution in [0.25, 0.3) is 61.7 Å². The highest BCUT2D eigenvalue weighted by atomic mass is 28.3. The van der Waals surface area contributed by atoms with Crippen molar-refractivity contribution < 1.29 is 0 Å². The number of rotatable bonds is 5. The van der Waals surface area contributed by atoms with E-state index in [1.165, 1.54) is 27.1 Å². The number of fused-ring (bicyclic) bond motifs is 5. The van der Waals surface area contributed by atoms with Crippen LogP contribution in [0.5, 0.6) is 0 Å². The lowest BCUT2D eigenvalue weighted by Gasteiger charge is -2.41. The maximum Gasteiger partial charge on any atom is 0.165 e. The zero-order valence-electron chi connectivity index (χ0n) is 30.3. The third kappa shape index (κ3) is 5.26. The molecular formula is C48H34N6Si. The highest BCUT2D eigenvalue weighted by Crippen LogP contribution is 2.42. The zero-order valence-corrected chi connectivity index (χ0v) is 31.3. The Labute approximate surface area is 320 Å². The Morgan fingerprint density at radius 1 is 0.491 bits per heavy atom. The fourth-order valence-corrected chi connectivity index (χ4v) is 11.1. The molecule has 0 spiro atoms. The van der Waals surface area contributed by atoms with E-state index in [1.807, 2.05) is 72.8 Å². The van der Waals surface area contributed by atoms with Gasteiger partial charge in [-0.15, -0.1) is 0 Å². The fraction of sp³-hybridized carbons (Fsp3) is 0.0417. The summed E-state index contributed by atoms with van der Waals surface area (Å²) in [6, 6.07) is 61.3. The summed E-state index contributed by atoms with van der Waals surface area (Å²) in [6.07, 6.45) is 0. The molecule has 9 aromatic rings. The summed E-state index contributed by atoms with van der Waals surface area (Å²) in [5, 5.41) is 15.8. The van der Waals surface area contributed by atoms with Crippen LogP contribution in [0.2, 0.25) is 13.1 Å². The predicted molar refractivity (Wildman–Crippen MR) is 227 cm³/mol. The van der Waals surface area contributed by atoms with E-state index in [0.29, 0.717) is 28.6 Å². The van der Waals surface area contributed by atoms with Crippen molar-refractivity contribution in [1.82, 2.24) is 19.5 Å². The largest absolute Gasteiger partial charge is 0.311 e. The molecule has 2 aromatic heterocycles. The lowest BCUT2D eigenvalue weighted by atomic mass is 10.1. The summed E-state index contributed by atoms with van der Waals surface area (Å²) in [4.78, 5) is 17.2. The highest BCUT2D eigenvalue weighted by molar-refractivity contribution is 7.02. The lowest BCUT2D eigenvalue weighted by Crippen LogP contribution is -2.58. The molecule has 1 aliphatic heterocycles. The molecule has 0 radical (unpaired) electrons. The Kier molecular flexibility index (Phi) is 7.54. The minimum Gasteiger partial charge on any atom is -0.311 e. The molecule has 0 unspecified atom stereocenters. The molecule has 6 nitrogen and oxygen atoms in total. The molecule has 0 N–H and O–H groups in total. The Hall–Kier alpha value is -7.14. The predicted octanol–water partition coefficient (Wildman–Crippen LogP) is 10.4. The Morgan fingerprint density at radius 3 is 1.78 bits per heavy atom. The van der Waals surface area contributed by atoms with Crippen molar-refractivity contribution in [3.63, 3.8) is 0 Å². The molecule has 7 aromatic carbocycles. The van der Waals surface area contributed by atoms with E-state index >= 15 is 0 Å². The average molecular weight is 723 g/mol. The number of aromatic nitrogens is 4. The van der Waals surface area contributed by atoms with Gasteiger partial charge in [0.05, 0.1) is 22.7 Å². The first-order valence-electron chi connectivity index (χ1n) is 18.4. The topological polar surface area (TPSA) is 70.6 Å². The summed E-state index contributed by atoms with van der Waals surface area (Å²) in [6.45, 7) is 4.91. The molecule has 10 rings (SSSR count). The first-order valence-corrected chi connectivity index (χ1v) is 21.4. The van der Waals surface area contributed by atoms with E-state index in [1.54, 1.807) is 0 Å². The van der Waals surface area contributed by atoms with Gasteiger partial charge in [-0.25, -0.2) is 15.0 Å². The monoisotopic (exact) mass is 722 g/mol. The van der Waals surface area contributed by atoms with Crippen LogP contribution in [0.3, 0.4) is 0 Å². The first kappa shape index (κ1) is 32.5. The molecule has 3 heterocycles. The van der Waals surface area contributed by atoms with Crippen LogP contribution in [0.4, 0.5) is 17.1 Å². The van der Waals surface area contributed by atoms with Crippen molar-refractivity contribution in [3.05, 3.63) is 175 Å². The van der Waals surface area contributed by atoms with Crippen LogP contribution in [0.15, 0.2) is 170 Å². The van der Waals surface area contributed by atoms with Crippen molar-refractivity contribution in [2.45, 2.75) is 13.1 Å². The number of para-hydroxylation sites is 3. The fourth-order valence-electron chi connectivity index (χ4n) is 8.18. The van der Waals surface area contributed by atoms with E-state index in [4.69, 9.17) is 15.0 Å². The summed E-state index contributed by atoms with van der Waals surface area (Å²) in [5.41, 5.74) is 9.63. The van der Waals surface area contributed by atoms with E-state index < -0.39 is 8.07 Å². The summed E-state index contributed by atoms with van der Waals surface area (Å²) in [5.74, 6) is 1.57. The molecule has 0 fully saturated rings. The second-order valence-corrected chi connectivity index (χ2v) is 18.8. The van der Waals surface area contributed by atoms with Gasteiger partial charge in [0, 0.05) is 50.2 Å². The van der Waals surface area contributed by atoms with Gasteiger partial charge in [0.25, 0.3) is 0 Å². The summed E-state index contributed by atoms with van der Waals surface area (Å²) < 4.78 is 2.31. The van der Waals surface area contributed by atoms with Gasteiger partial charge in [0.2, 0.25) is 0 Å². The molecule has 7 heteroatoms. The highest BCUT2D eigenvalue weighted by Gasteiger charge is 2.39. The number of hydrogen-bond donors (Lipinski definition) is 0. The molecule has 0 saturated carbocycles. The Morgan fingerprint density at radius 2 is 1.09 bits per heavy atom. The quantitative estimate of drug-likeness (QED) is 0.165. The lowest BCUT2D eigenvalue weighted by molar-refractivity contribution is 1.07. The van der Waals surface area contributed by atoms with E-state index in [0.717, 1.165) is 38.9 Å². The second kappa shape index (κ2) is 12.8. The smallest absolute Gasteiger partial charge is 0.165 e. The van der Waals surface area contributed by atoms with Gasteiger partial charge in [-0.2, -0.15) is 5.26 Å². The number of anilines is 3. The third-order valence-electron chi connectivity index (χ3n) is 10.9. The van der Waals surface area contributed by atoms with Gasteiger partial charge < -0.3 is 9.47 Å². The number of benzene rings is 7. The minimum atomic E-state index is -2.16. The Balaban J connectivity index is 1.18. The van der Waals surface area contributed by atoms with Crippen molar-refractivity contribution in [2.24, 2.45) is 0 Å². The number of hydrogen-bond acceptors (Lipinski definition) is 5. The van der Waals surface area contributed by atoms with Gasteiger partial charge in [0.1, 0.15) is 8.07 Å².